The molecular formula is C17H26IN5. The van der Waals surface area contributed by atoms with E-state index in [2.05, 4.69) is 25.9 Å². The average Bonchev–Trinajstić information content (AvgIpc) is 2.96. The van der Waals surface area contributed by atoms with Gasteiger partial charge in [-0.2, -0.15) is 0 Å². The van der Waals surface area contributed by atoms with E-state index in [1.165, 1.54) is 37.6 Å². The van der Waals surface area contributed by atoms with E-state index in [1.807, 2.05) is 24.5 Å². The van der Waals surface area contributed by atoms with Crippen molar-refractivity contribution in [1.29, 1.82) is 0 Å². The van der Waals surface area contributed by atoms with E-state index in [-0.39, 0.29) is 24.0 Å². The number of nitrogens with two attached hydrogens (primary N) is 1. The van der Waals surface area contributed by atoms with E-state index in [4.69, 9.17) is 5.73 Å². The molecule has 1 aliphatic carbocycles. The highest BCUT2D eigenvalue weighted by atomic mass is 127. The Balaban J connectivity index is 0.00000192. The minimum atomic E-state index is 0. The summed E-state index contributed by atoms with van der Waals surface area (Å²) in [6.07, 6.45) is 9.27. The molecule has 3 rings (SSSR count). The zero-order valence-electron chi connectivity index (χ0n) is 13.4. The number of hydrogen-bond acceptors (Lipinski definition) is 2. The highest BCUT2D eigenvalue weighted by molar-refractivity contribution is 14.0. The van der Waals surface area contributed by atoms with Gasteiger partial charge in [0.15, 0.2) is 5.96 Å². The summed E-state index contributed by atoms with van der Waals surface area (Å²) in [4.78, 5) is 8.85. The summed E-state index contributed by atoms with van der Waals surface area (Å²) in [5.41, 5.74) is 8.20. The van der Waals surface area contributed by atoms with Gasteiger partial charge in [0.1, 0.15) is 0 Å². The third-order valence-corrected chi connectivity index (χ3v) is 4.32. The fraction of sp³-hybridized carbons (Fsp3) is 0.529. The second kappa shape index (κ2) is 9.10. The van der Waals surface area contributed by atoms with Crippen LogP contribution in [0.1, 0.15) is 38.5 Å². The third-order valence-electron chi connectivity index (χ3n) is 4.32. The van der Waals surface area contributed by atoms with Crippen molar-refractivity contribution in [3.8, 4) is 0 Å². The molecule has 0 atom stereocenters. The number of rotatable bonds is 5. The Kier molecular flexibility index (Phi) is 7.14. The number of aliphatic imine (C=N–C) groups is 1. The number of nitrogens with one attached hydrogen (secondary N) is 1. The van der Waals surface area contributed by atoms with E-state index >= 15 is 0 Å². The fourth-order valence-corrected chi connectivity index (χ4v) is 3.13. The third kappa shape index (κ3) is 5.09. The molecule has 5 nitrogen and oxygen atoms in total. The molecule has 1 heterocycles. The Morgan fingerprint density at radius 1 is 1.26 bits per heavy atom. The van der Waals surface area contributed by atoms with Crippen molar-refractivity contribution >= 4 is 41.0 Å². The van der Waals surface area contributed by atoms with E-state index in [0.717, 1.165) is 25.0 Å². The van der Waals surface area contributed by atoms with E-state index in [9.17, 15) is 0 Å². The van der Waals surface area contributed by atoms with Crippen LogP contribution in [0.5, 0.6) is 0 Å². The molecule has 1 fully saturated rings. The number of guanidine groups is 1. The van der Waals surface area contributed by atoms with Crippen LogP contribution in [0.15, 0.2) is 35.6 Å². The first kappa shape index (κ1) is 18.0. The molecule has 0 unspecified atom stereocenters. The number of nitrogens with zero attached hydrogens (tertiary/aromatic N) is 3. The number of imidazole rings is 1. The summed E-state index contributed by atoms with van der Waals surface area (Å²) < 4.78 is 2.18. The SMILES string of the molecule is I.NC(=NCCCn1cnc2ccccc21)NC1CCCCC1. The van der Waals surface area contributed by atoms with Crippen LogP contribution in [0.4, 0.5) is 0 Å². The number of halogens is 1. The molecule has 1 aromatic carbocycles. The van der Waals surface area contributed by atoms with Crippen molar-refractivity contribution in [3.63, 3.8) is 0 Å². The number of aryl methyl sites for hydroxylation is 1. The Hall–Kier alpha value is -1.31. The van der Waals surface area contributed by atoms with Gasteiger partial charge in [0.25, 0.3) is 0 Å². The van der Waals surface area contributed by atoms with Crippen molar-refractivity contribution in [3.05, 3.63) is 30.6 Å². The summed E-state index contributed by atoms with van der Waals surface area (Å²) in [6.45, 7) is 1.67. The van der Waals surface area contributed by atoms with Crippen LogP contribution in [0.2, 0.25) is 0 Å². The lowest BCUT2D eigenvalue weighted by atomic mass is 9.96. The zero-order chi connectivity index (χ0) is 15.2. The largest absolute Gasteiger partial charge is 0.370 e. The highest BCUT2D eigenvalue weighted by Gasteiger charge is 2.13. The van der Waals surface area contributed by atoms with Crippen LogP contribution in [0.25, 0.3) is 11.0 Å². The lowest BCUT2D eigenvalue weighted by molar-refractivity contribution is 0.412. The number of hydrogen-bond donors (Lipinski definition) is 2. The summed E-state index contributed by atoms with van der Waals surface area (Å²) in [5, 5.41) is 3.35. The Bertz CT molecular complexity index is 631. The maximum absolute atomic E-state index is 5.97. The standard InChI is InChI=1S/C17H25N5.HI/c18-17(21-14-7-2-1-3-8-14)19-11-6-12-22-13-20-15-9-4-5-10-16(15)22;/h4-5,9-10,13-14H,1-3,6-8,11-12H2,(H3,18,19,21);1H. The Morgan fingerprint density at radius 3 is 2.87 bits per heavy atom. The summed E-state index contributed by atoms with van der Waals surface area (Å²) >= 11 is 0. The van der Waals surface area contributed by atoms with Crippen LogP contribution in [-0.2, 0) is 6.54 Å². The summed E-state index contributed by atoms with van der Waals surface area (Å²) in [6, 6.07) is 8.72. The van der Waals surface area contributed by atoms with E-state index < -0.39 is 0 Å². The van der Waals surface area contributed by atoms with Gasteiger partial charge in [0.2, 0.25) is 0 Å². The summed E-state index contributed by atoms with van der Waals surface area (Å²) in [5.74, 6) is 0.599. The second-order valence-corrected chi connectivity index (χ2v) is 6.03. The molecule has 2 aromatic rings. The lowest BCUT2D eigenvalue weighted by Gasteiger charge is -2.23. The first-order valence-electron chi connectivity index (χ1n) is 8.29. The highest BCUT2D eigenvalue weighted by Crippen LogP contribution is 2.17. The molecule has 1 saturated carbocycles. The van der Waals surface area contributed by atoms with Crippen LogP contribution >= 0.6 is 24.0 Å². The number of benzene rings is 1. The maximum atomic E-state index is 5.97. The topological polar surface area (TPSA) is 68.2 Å². The van der Waals surface area contributed by atoms with Crippen LogP contribution in [0, 0.1) is 0 Å². The molecular weight excluding hydrogens is 401 g/mol. The smallest absolute Gasteiger partial charge is 0.188 e. The van der Waals surface area contributed by atoms with Gasteiger partial charge in [-0.25, -0.2) is 4.98 Å². The zero-order valence-corrected chi connectivity index (χ0v) is 15.8. The van der Waals surface area contributed by atoms with Crippen LogP contribution in [-0.4, -0.2) is 28.1 Å². The van der Waals surface area contributed by atoms with Gasteiger partial charge in [-0.1, -0.05) is 31.4 Å². The molecule has 0 amide bonds. The normalized spacial score (nSPS) is 16.3. The van der Waals surface area contributed by atoms with Crippen molar-refractivity contribution in [2.45, 2.75) is 51.1 Å². The average molecular weight is 427 g/mol. The quantitative estimate of drug-likeness (QED) is 0.333. The molecule has 6 heteroatoms. The van der Waals surface area contributed by atoms with Crippen molar-refractivity contribution in [1.82, 2.24) is 14.9 Å². The molecule has 0 bridgehead atoms. The van der Waals surface area contributed by atoms with E-state index in [1.54, 1.807) is 0 Å². The molecule has 0 aliphatic heterocycles. The van der Waals surface area contributed by atoms with Gasteiger partial charge in [-0.15, -0.1) is 24.0 Å². The molecule has 0 radical (unpaired) electrons. The number of para-hydroxylation sites is 2. The monoisotopic (exact) mass is 427 g/mol. The van der Waals surface area contributed by atoms with Gasteiger partial charge in [0, 0.05) is 19.1 Å². The first-order valence-corrected chi connectivity index (χ1v) is 8.29. The Morgan fingerprint density at radius 2 is 2.04 bits per heavy atom. The predicted molar refractivity (Wildman–Crippen MR) is 106 cm³/mol. The summed E-state index contributed by atoms with van der Waals surface area (Å²) in [7, 11) is 0. The second-order valence-electron chi connectivity index (χ2n) is 6.03. The molecule has 0 spiro atoms. The molecule has 23 heavy (non-hydrogen) atoms. The minimum absolute atomic E-state index is 0. The van der Waals surface area contributed by atoms with Crippen molar-refractivity contribution in [2.75, 3.05) is 6.54 Å². The Labute approximate surface area is 154 Å². The van der Waals surface area contributed by atoms with Crippen molar-refractivity contribution < 1.29 is 0 Å². The predicted octanol–water partition coefficient (Wildman–Crippen LogP) is 3.28. The lowest BCUT2D eigenvalue weighted by Crippen LogP contribution is -2.41. The van der Waals surface area contributed by atoms with Crippen LogP contribution in [0.3, 0.4) is 0 Å². The molecule has 1 aromatic heterocycles. The number of aromatic nitrogens is 2. The first-order chi connectivity index (χ1) is 10.8. The molecule has 0 saturated heterocycles. The van der Waals surface area contributed by atoms with Crippen molar-refractivity contribution in [2.24, 2.45) is 10.7 Å². The maximum Gasteiger partial charge on any atom is 0.188 e. The van der Waals surface area contributed by atoms with Gasteiger partial charge in [0.05, 0.1) is 17.4 Å². The van der Waals surface area contributed by atoms with Gasteiger partial charge in [-0.3, -0.25) is 4.99 Å². The molecule has 3 N–H and O–H groups in total. The van der Waals surface area contributed by atoms with Gasteiger partial charge in [-0.05, 0) is 31.4 Å². The molecule has 126 valence electrons. The van der Waals surface area contributed by atoms with Crippen LogP contribution < -0.4 is 11.1 Å². The number of fused-ring (bicyclic) bond motifs is 1. The molecule has 1 aliphatic rings. The van der Waals surface area contributed by atoms with Gasteiger partial charge < -0.3 is 15.6 Å². The van der Waals surface area contributed by atoms with Gasteiger partial charge >= 0.3 is 0 Å². The van der Waals surface area contributed by atoms with E-state index in [0.29, 0.717) is 12.0 Å². The fourth-order valence-electron chi connectivity index (χ4n) is 3.13. The minimum Gasteiger partial charge on any atom is -0.370 e.